The molecule has 0 aromatic heterocycles. The molecule has 0 heterocycles. The lowest BCUT2D eigenvalue weighted by atomic mass is 10.1. The summed E-state index contributed by atoms with van der Waals surface area (Å²) in [6, 6.07) is 5.45. The maximum atomic E-state index is 11.9. The summed E-state index contributed by atoms with van der Waals surface area (Å²) in [5.41, 5.74) is 6.93. The van der Waals surface area contributed by atoms with Crippen molar-refractivity contribution in [1.82, 2.24) is 5.32 Å². The number of nitrogen functional groups attached to an aromatic ring is 1. The van der Waals surface area contributed by atoms with Crippen molar-refractivity contribution in [2.24, 2.45) is 0 Å². The summed E-state index contributed by atoms with van der Waals surface area (Å²) in [6.07, 6.45) is 3.28. The van der Waals surface area contributed by atoms with Crippen LogP contribution in [0.3, 0.4) is 0 Å². The van der Waals surface area contributed by atoms with E-state index in [0.717, 1.165) is 23.7 Å². The number of hydrogen-bond acceptors (Lipinski definition) is 2. The summed E-state index contributed by atoms with van der Waals surface area (Å²) in [5.74, 6) is -0.0622. The maximum absolute atomic E-state index is 11.9. The highest BCUT2D eigenvalue weighted by Crippen LogP contribution is 2.20. The van der Waals surface area contributed by atoms with E-state index in [9.17, 15) is 4.79 Å². The van der Waals surface area contributed by atoms with Gasteiger partial charge in [0.25, 0.3) is 5.91 Å². The largest absolute Gasteiger partial charge is 0.398 e. The van der Waals surface area contributed by atoms with Crippen LogP contribution in [0.15, 0.2) is 22.7 Å². The van der Waals surface area contributed by atoms with E-state index in [1.807, 2.05) is 6.92 Å². The Morgan fingerprint density at radius 2 is 2.24 bits per heavy atom. The van der Waals surface area contributed by atoms with E-state index in [1.165, 1.54) is 0 Å². The first-order valence-electron chi connectivity index (χ1n) is 5.90. The average molecular weight is 299 g/mol. The Morgan fingerprint density at radius 1 is 1.53 bits per heavy atom. The third-order valence-corrected chi connectivity index (χ3v) is 3.35. The van der Waals surface area contributed by atoms with Gasteiger partial charge < -0.3 is 11.1 Å². The summed E-state index contributed by atoms with van der Waals surface area (Å²) >= 11 is 3.31. The molecule has 0 spiro atoms. The minimum absolute atomic E-state index is 0.0622. The third kappa shape index (κ3) is 4.38. The second-order valence-corrected chi connectivity index (χ2v) is 5.11. The fraction of sp³-hybridized carbons (Fsp3) is 0.462. The van der Waals surface area contributed by atoms with Gasteiger partial charge in [-0.15, -0.1) is 0 Å². The minimum atomic E-state index is -0.0622. The first-order valence-corrected chi connectivity index (χ1v) is 6.69. The quantitative estimate of drug-likeness (QED) is 0.819. The van der Waals surface area contributed by atoms with Gasteiger partial charge in [0.1, 0.15) is 0 Å². The molecule has 0 saturated heterocycles. The smallest absolute Gasteiger partial charge is 0.251 e. The molecule has 0 aliphatic carbocycles. The molecule has 4 heteroatoms. The number of benzene rings is 1. The second-order valence-electron chi connectivity index (χ2n) is 4.25. The zero-order valence-corrected chi connectivity index (χ0v) is 11.9. The second kappa shape index (κ2) is 6.64. The molecule has 3 N–H and O–H groups in total. The monoisotopic (exact) mass is 298 g/mol. The van der Waals surface area contributed by atoms with Gasteiger partial charge >= 0.3 is 0 Å². The standard InChI is InChI=1S/C13H19BrN2O/c1-3-4-5-9(2)16-13(17)10-6-7-11(14)12(15)8-10/h6-9H,3-5,15H2,1-2H3,(H,16,17). The van der Waals surface area contributed by atoms with Gasteiger partial charge in [0.2, 0.25) is 0 Å². The zero-order chi connectivity index (χ0) is 12.8. The molecule has 1 unspecified atom stereocenters. The van der Waals surface area contributed by atoms with Crippen LogP contribution in [0, 0.1) is 0 Å². The fourth-order valence-electron chi connectivity index (χ4n) is 1.57. The van der Waals surface area contributed by atoms with Crippen molar-refractivity contribution in [1.29, 1.82) is 0 Å². The molecule has 0 bridgehead atoms. The molecule has 0 fully saturated rings. The average Bonchev–Trinajstić information content (AvgIpc) is 2.30. The van der Waals surface area contributed by atoms with Crippen molar-refractivity contribution < 1.29 is 4.79 Å². The van der Waals surface area contributed by atoms with Crippen molar-refractivity contribution >= 4 is 27.5 Å². The number of anilines is 1. The Labute approximate surface area is 111 Å². The summed E-state index contributed by atoms with van der Waals surface area (Å²) in [4.78, 5) is 11.9. The van der Waals surface area contributed by atoms with E-state index in [-0.39, 0.29) is 11.9 Å². The predicted octanol–water partition coefficient (Wildman–Crippen LogP) is 3.34. The molecular weight excluding hydrogens is 280 g/mol. The highest BCUT2D eigenvalue weighted by atomic mass is 79.9. The first kappa shape index (κ1) is 14.0. The number of unbranched alkanes of at least 4 members (excludes halogenated alkanes) is 1. The number of nitrogens with two attached hydrogens (primary N) is 1. The topological polar surface area (TPSA) is 55.1 Å². The van der Waals surface area contributed by atoms with Crippen LogP contribution in [-0.2, 0) is 0 Å². The third-order valence-electron chi connectivity index (χ3n) is 2.63. The molecule has 94 valence electrons. The van der Waals surface area contributed by atoms with Gasteiger partial charge in [0, 0.05) is 21.8 Å². The number of carbonyl (C=O) groups excluding carboxylic acids is 1. The Balaban J connectivity index is 2.60. The number of rotatable bonds is 5. The van der Waals surface area contributed by atoms with Crippen LogP contribution in [0.25, 0.3) is 0 Å². The number of amides is 1. The van der Waals surface area contributed by atoms with Gasteiger partial charge in [-0.25, -0.2) is 0 Å². The zero-order valence-electron chi connectivity index (χ0n) is 10.3. The fourth-order valence-corrected chi connectivity index (χ4v) is 1.82. The molecule has 1 aromatic rings. The lowest BCUT2D eigenvalue weighted by Crippen LogP contribution is -2.32. The van der Waals surface area contributed by atoms with E-state index in [1.54, 1.807) is 18.2 Å². The van der Waals surface area contributed by atoms with E-state index in [0.29, 0.717) is 11.3 Å². The van der Waals surface area contributed by atoms with E-state index >= 15 is 0 Å². The first-order chi connectivity index (χ1) is 8.04. The summed E-state index contributed by atoms with van der Waals surface area (Å²) in [7, 11) is 0. The summed E-state index contributed by atoms with van der Waals surface area (Å²) < 4.78 is 0.813. The van der Waals surface area contributed by atoms with Crippen LogP contribution < -0.4 is 11.1 Å². The summed E-state index contributed by atoms with van der Waals surface area (Å²) in [5, 5.41) is 2.97. The Kier molecular flexibility index (Phi) is 5.48. The highest BCUT2D eigenvalue weighted by Gasteiger charge is 2.10. The molecular formula is C13H19BrN2O. The number of hydrogen-bond donors (Lipinski definition) is 2. The lowest BCUT2D eigenvalue weighted by molar-refractivity contribution is 0.0938. The molecule has 3 nitrogen and oxygen atoms in total. The molecule has 0 aliphatic heterocycles. The van der Waals surface area contributed by atoms with Crippen LogP contribution in [0.2, 0.25) is 0 Å². The maximum Gasteiger partial charge on any atom is 0.251 e. The molecule has 0 aliphatic rings. The van der Waals surface area contributed by atoms with Gasteiger partial charge in [-0.1, -0.05) is 19.8 Å². The SMILES string of the molecule is CCCCC(C)NC(=O)c1ccc(Br)c(N)c1. The van der Waals surface area contributed by atoms with Gasteiger partial charge in [0.15, 0.2) is 0 Å². The molecule has 1 amide bonds. The van der Waals surface area contributed by atoms with Crippen molar-refractivity contribution in [2.45, 2.75) is 39.2 Å². The molecule has 1 aromatic carbocycles. The van der Waals surface area contributed by atoms with Crippen molar-refractivity contribution in [2.75, 3.05) is 5.73 Å². The van der Waals surface area contributed by atoms with Crippen molar-refractivity contribution in [3.8, 4) is 0 Å². The normalized spacial score (nSPS) is 12.2. The van der Waals surface area contributed by atoms with Crippen LogP contribution in [0.1, 0.15) is 43.5 Å². The van der Waals surface area contributed by atoms with Crippen molar-refractivity contribution in [3.63, 3.8) is 0 Å². The molecule has 1 rings (SSSR count). The van der Waals surface area contributed by atoms with E-state index < -0.39 is 0 Å². The Bertz CT molecular complexity index is 393. The van der Waals surface area contributed by atoms with Crippen LogP contribution >= 0.6 is 15.9 Å². The Morgan fingerprint density at radius 3 is 2.82 bits per heavy atom. The van der Waals surface area contributed by atoms with Gasteiger partial charge in [0.05, 0.1) is 0 Å². The molecule has 1 atom stereocenters. The summed E-state index contributed by atoms with van der Waals surface area (Å²) in [6.45, 7) is 4.17. The van der Waals surface area contributed by atoms with E-state index in [4.69, 9.17) is 5.73 Å². The van der Waals surface area contributed by atoms with Crippen LogP contribution in [-0.4, -0.2) is 11.9 Å². The van der Waals surface area contributed by atoms with Gasteiger partial charge in [-0.2, -0.15) is 0 Å². The highest BCUT2D eigenvalue weighted by molar-refractivity contribution is 9.10. The van der Waals surface area contributed by atoms with Crippen molar-refractivity contribution in [3.05, 3.63) is 28.2 Å². The number of carbonyl (C=O) groups is 1. The number of nitrogens with one attached hydrogen (secondary N) is 1. The van der Waals surface area contributed by atoms with Crippen LogP contribution in [0.4, 0.5) is 5.69 Å². The van der Waals surface area contributed by atoms with Gasteiger partial charge in [-0.05, 0) is 47.5 Å². The van der Waals surface area contributed by atoms with Crippen LogP contribution in [0.5, 0.6) is 0 Å². The predicted molar refractivity (Wildman–Crippen MR) is 75.0 cm³/mol. The Hall–Kier alpha value is -1.03. The lowest BCUT2D eigenvalue weighted by Gasteiger charge is -2.13. The molecule has 17 heavy (non-hydrogen) atoms. The molecule has 0 radical (unpaired) electrons. The minimum Gasteiger partial charge on any atom is -0.398 e. The molecule has 0 saturated carbocycles. The number of halogens is 1. The van der Waals surface area contributed by atoms with E-state index in [2.05, 4.69) is 28.2 Å². The van der Waals surface area contributed by atoms with Gasteiger partial charge in [-0.3, -0.25) is 4.79 Å².